The maximum Gasteiger partial charge on any atom is 0.222 e. The van der Waals surface area contributed by atoms with Crippen molar-refractivity contribution in [1.29, 1.82) is 0 Å². The summed E-state index contributed by atoms with van der Waals surface area (Å²) < 4.78 is 1.78. The normalized spacial score (nSPS) is 11.8. The highest BCUT2D eigenvalue weighted by molar-refractivity contribution is 7.49. The van der Waals surface area contributed by atoms with Gasteiger partial charge >= 0.3 is 0 Å². The monoisotopic (exact) mass is 383 g/mol. The van der Waals surface area contributed by atoms with Crippen molar-refractivity contribution < 1.29 is 0 Å². The molecule has 0 spiro atoms. The van der Waals surface area contributed by atoms with Gasteiger partial charge in [-0.2, -0.15) is 0 Å². The summed E-state index contributed by atoms with van der Waals surface area (Å²) in [5.74, 6) is 0. The van der Waals surface area contributed by atoms with Crippen LogP contribution in [-0.4, -0.2) is 14.1 Å². The molecule has 136 valence electrons. The molecule has 0 saturated heterocycles. The highest BCUT2D eigenvalue weighted by atomic mass is 31.1. The molecule has 0 unspecified atom stereocenters. The Bertz CT molecular complexity index is 1420. The average Bonchev–Trinajstić information content (AvgIpc) is 2.81. The summed E-state index contributed by atoms with van der Waals surface area (Å²) in [6.07, 6.45) is 0. The van der Waals surface area contributed by atoms with Crippen molar-refractivity contribution in [2.45, 2.75) is 0 Å². The molecule has 0 atom stereocenters. The Morgan fingerprint density at radius 1 is 0.571 bits per heavy atom. The molecule has 4 heteroatoms. The lowest BCUT2D eigenvalue weighted by Gasteiger charge is -2.06. The molecular weight excluding hydrogens is 365 g/mol. The van der Waals surface area contributed by atoms with E-state index in [0.717, 1.165) is 32.3 Å². The molecule has 0 aliphatic carbocycles. The van der Waals surface area contributed by atoms with Crippen molar-refractivity contribution in [3.63, 3.8) is 0 Å². The summed E-state index contributed by atoms with van der Waals surface area (Å²) in [7, 11) is 2.02. The maximum absolute atomic E-state index is 13.5. The fraction of sp³-hybridized carbons (Fsp3) is 0.0833. The second-order valence-corrected chi connectivity index (χ2v) is 9.42. The molecule has 0 N–H and O–H groups in total. The van der Waals surface area contributed by atoms with Gasteiger partial charge in [-0.3, -0.25) is 14.3 Å². The SMILES string of the molecule is CN(C)p1c(=O)c2ccc3ccccc3c2c2c(ccc3ccccc32)c1=O. The predicted molar refractivity (Wildman–Crippen MR) is 122 cm³/mol. The highest BCUT2D eigenvalue weighted by Gasteiger charge is 2.17. The maximum atomic E-state index is 13.5. The Hall–Kier alpha value is -3.00. The Morgan fingerprint density at radius 3 is 1.43 bits per heavy atom. The largest absolute Gasteiger partial charge is 0.283 e. The molecule has 0 radical (unpaired) electrons. The van der Waals surface area contributed by atoms with Crippen LogP contribution in [0.2, 0.25) is 0 Å². The lowest BCUT2D eigenvalue weighted by molar-refractivity contribution is 1.26. The Balaban J connectivity index is 2.30. The summed E-state index contributed by atoms with van der Waals surface area (Å²) in [4.78, 5) is 27.0. The summed E-state index contributed by atoms with van der Waals surface area (Å²) in [6, 6.07) is 23.9. The smallest absolute Gasteiger partial charge is 0.222 e. The Morgan fingerprint density at radius 2 is 1.00 bits per heavy atom. The zero-order valence-electron chi connectivity index (χ0n) is 15.6. The number of benzene rings is 4. The molecule has 0 saturated carbocycles. The van der Waals surface area contributed by atoms with Crippen LogP contribution in [0.15, 0.2) is 82.4 Å². The first kappa shape index (κ1) is 17.1. The second kappa shape index (κ2) is 6.27. The van der Waals surface area contributed by atoms with Gasteiger partial charge in [0.15, 0.2) is 0 Å². The lowest BCUT2D eigenvalue weighted by atomic mass is 9.96. The van der Waals surface area contributed by atoms with E-state index >= 15 is 0 Å². The van der Waals surface area contributed by atoms with Gasteiger partial charge in [-0.25, -0.2) is 0 Å². The minimum atomic E-state index is -1.61. The molecule has 1 heterocycles. The van der Waals surface area contributed by atoms with Gasteiger partial charge in [0.25, 0.3) is 0 Å². The van der Waals surface area contributed by atoms with E-state index in [1.165, 1.54) is 0 Å². The van der Waals surface area contributed by atoms with Crippen LogP contribution in [0, 0.1) is 0 Å². The van der Waals surface area contributed by atoms with Crippen molar-refractivity contribution in [3.05, 3.63) is 92.7 Å². The van der Waals surface area contributed by atoms with Gasteiger partial charge < -0.3 is 0 Å². The molecule has 5 rings (SSSR count). The van der Waals surface area contributed by atoms with Gasteiger partial charge in [0.05, 0.1) is 0 Å². The molecule has 28 heavy (non-hydrogen) atoms. The van der Waals surface area contributed by atoms with Crippen molar-refractivity contribution in [2.24, 2.45) is 0 Å². The third-order valence-corrected chi connectivity index (χ3v) is 7.40. The van der Waals surface area contributed by atoms with E-state index in [2.05, 4.69) is 0 Å². The van der Waals surface area contributed by atoms with Gasteiger partial charge in [0.1, 0.15) is 0 Å². The Labute approximate surface area is 162 Å². The molecule has 0 amide bonds. The van der Waals surface area contributed by atoms with Crippen molar-refractivity contribution in [1.82, 2.24) is 0 Å². The quantitative estimate of drug-likeness (QED) is 0.399. The Kier molecular flexibility index (Phi) is 3.83. The van der Waals surface area contributed by atoms with Gasteiger partial charge in [-0.05, 0) is 47.8 Å². The van der Waals surface area contributed by atoms with Gasteiger partial charge in [0, 0.05) is 29.2 Å². The van der Waals surface area contributed by atoms with Crippen LogP contribution >= 0.6 is 7.68 Å². The van der Waals surface area contributed by atoms with E-state index in [0.29, 0.717) is 10.8 Å². The van der Waals surface area contributed by atoms with E-state index in [4.69, 9.17) is 0 Å². The summed E-state index contributed by atoms with van der Waals surface area (Å²) in [6.45, 7) is 0. The third-order valence-electron chi connectivity index (χ3n) is 5.35. The van der Waals surface area contributed by atoms with Crippen molar-refractivity contribution >= 4 is 50.8 Å². The van der Waals surface area contributed by atoms with Crippen molar-refractivity contribution in [2.75, 3.05) is 18.8 Å². The van der Waals surface area contributed by atoms with E-state index in [9.17, 15) is 9.59 Å². The number of fused-ring (bicyclic) bond motifs is 7. The molecule has 4 aromatic carbocycles. The topological polar surface area (TPSA) is 37.4 Å². The van der Waals surface area contributed by atoms with Crippen molar-refractivity contribution in [3.8, 4) is 0 Å². The predicted octanol–water partition coefficient (Wildman–Crippen LogP) is 5.20. The molecular formula is C24H18NO2P. The van der Waals surface area contributed by atoms with E-state index in [-0.39, 0.29) is 10.3 Å². The minimum absolute atomic E-state index is 0.0777. The van der Waals surface area contributed by atoms with Gasteiger partial charge in [-0.15, -0.1) is 0 Å². The molecule has 0 aliphatic heterocycles. The fourth-order valence-corrected chi connectivity index (χ4v) is 5.86. The number of nitrogens with zero attached hydrogens (tertiary/aromatic N) is 1. The first-order valence-corrected chi connectivity index (χ1v) is 10.5. The third kappa shape index (κ3) is 2.34. The van der Waals surface area contributed by atoms with Crippen LogP contribution in [0.4, 0.5) is 0 Å². The second-order valence-electron chi connectivity index (χ2n) is 7.19. The van der Waals surface area contributed by atoms with Crippen LogP contribution in [0.25, 0.3) is 43.1 Å². The van der Waals surface area contributed by atoms with Gasteiger partial charge in [-0.1, -0.05) is 60.7 Å². The number of rotatable bonds is 1. The molecule has 3 nitrogen and oxygen atoms in total. The van der Waals surface area contributed by atoms with Gasteiger partial charge in [0.2, 0.25) is 10.3 Å². The van der Waals surface area contributed by atoms with E-state index in [1.54, 1.807) is 4.67 Å². The molecule has 1 aromatic heterocycles. The molecule has 0 fully saturated rings. The fourth-order valence-electron chi connectivity index (χ4n) is 4.12. The van der Waals surface area contributed by atoms with Crippen LogP contribution in [0.5, 0.6) is 0 Å². The molecule has 5 aromatic rings. The zero-order chi connectivity index (χ0) is 19.4. The first-order chi connectivity index (χ1) is 13.6. The lowest BCUT2D eigenvalue weighted by Crippen LogP contribution is -2.18. The standard InChI is InChI=1S/C24H18NO2P/c1-25(2)28-23(26)19-13-11-15-7-3-5-9-17(15)21(19)22-18-10-6-4-8-16(18)12-14-20(22)24(28)27/h3-14H,1-2H3. The van der Waals surface area contributed by atoms with E-state index in [1.807, 2.05) is 86.9 Å². The highest BCUT2D eigenvalue weighted by Crippen LogP contribution is 2.35. The molecule has 0 bridgehead atoms. The van der Waals surface area contributed by atoms with Crippen LogP contribution in [0.3, 0.4) is 0 Å². The summed E-state index contributed by atoms with van der Waals surface area (Å²) in [5, 5.41) is 7.04. The zero-order valence-corrected chi connectivity index (χ0v) is 16.5. The number of hydrogen-bond donors (Lipinski definition) is 0. The van der Waals surface area contributed by atoms with Crippen LogP contribution in [-0.2, 0) is 0 Å². The number of hydrogen-bond acceptors (Lipinski definition) is 3. The van der Waals surface area contributed by atoms with E-state index < -0.39 is 7.68 Å². The molecule has 0 aliphatic rings. The summed E-state index contributed by atoms with van der Waals surface area (Å²) >= 11 is 0. The van der Waals surface area contributed by atoms with Crippen LogP contribution in [0.1, 0.15) is 0 Å². The van der Waals surface area contributed by atoms with Crippen LogP contribution < -0.4 is 15.0 Å². The average molecular weight is 383 g/mol. The summed E-state index contributed by atoms with van der Waals surface area (Å²) in [5.41, 5.74) is 0. The minimum Gasteiger partial charge on any atom is -0.283 e. The first-order valence-electron chi connectivity index (χ1n) is 9.18.